The zero-order chi connectivity index (χ0) is 15.1. The Labute approximate surface area is 130 Å². The van der Waals surface area contributed by atoms with Crippen LogP contribution in [0.1, 0.15) is 36.0 Å². The molecule has 0 amide bonds. The van der Waals surface area contributed by atoms with Crippen LogP contribution in [0, 0.1) is 0 Å². The molecule has 2 N–H and O–H groups in total. The number of ether oxygens (including phenoxy) is 1. The molecule has 0 heterocycles. The lowest BCUT2D eigenvalue weighted by molar-refractivity contribution is 0.0697. The van der Waals surface area contributed by atoms with Gasteiger partial charge in [-0.25, -0.2) is 4.79 Å². The van der Waals surface area contributed by atoms with Gasteiger partial charge in [-0.15, -0.1) is 0 Å². The van der Waals surface area contributed by atoms with Gasteiger partial charge in [0.1, 0.15) is 12.4 Å². The van der Waals surface area contributed by atoms with E-state index in [1.807, 2.05) is 11.8 Å². The topological polar surface area (TPSA) is 58.6 Å². The molecular formula is C16H23NO3S. The summed E-state index contributed by atoms with van der Waals surface area (Å²) in [5.41, 5.74) is 0.283. The van der Waals surface area contributed by atoms with Gasteiger partial charge in [-0.1, -0.05) is 12.8 Å². The number of carbonyl (C=O) groups is 1. The molecule has 0 radical (unpaired) electrons. The summed E-state index contributed by atoms with van der Waals surface area (Å²) in [5, 5.41) is 13.1. The summed E-state index contributed by atoms with van der Waals surface area (Å²) in [4.78, 5) is 10.8. The van der Waals surface area contributed by atoms with Crippen molar-refractivity contribution in [1.29, 1.82) is 0 Å². The number of rotatable bonds is 7. The molecule has 4 nitrogen and oxygen atoms in total. The summed E-state index contributed by atoms with van der Waals surface area (Å²) in [6.07, 6.45) is 7.39. The quantitative estimate of drug-likeness (QED) is 0.758. The van der Waals surface area contributed by atoms with Crippen molar-refractivity contribution < 1.29 is 14.6 Å². The van der Waals surface area contributed by atoms with Gasteiger partial charge in [0, 0.05) is 17.8 Å². The van der Waals surface area contributed by atoms with Crippen LogP contribution < -0.4 is 10.1 Å². The van der Waals surface area contributed by atoms with Crippen molar-refractivity contribution in [2.45, 2.75) is 37.0 Å². The Morgan fingerprint density at radius 3 is 2.71 bits per heavy atom. The highest BCUT2D eigenvalue weighted by Crippen LogP contribution is 2.26. The van der Waals surface area contributed by atoms with Crippen LogP contribution in [0.3, 0.4) is 0 Å². The van der Waals surface area contributed by atoms with E-state index in [4.69, 9.17) is 9.84 Å². The third-order valence-corrected chi connectivity index (χ3v) is 5.05. The first kappa shape index (κ1) is 16.2. The first-order chi connectivity index (χ1) is 10.2. The minimum absolute atomic E-state index is 0.283. The van der Waals surface area contributed by atoms with Gasteiger partial charge in [0.25, 0.3) is 0 Å². The molecule has 1 aliphatic carbocycles. The van der Waals surface area contributed by atoms with E-state index in [9.17, 15) is 4.79 Å². The molecule has 0 bridgehead atoms. The maximum Gasteiger partial charge on any atom is 0.335 e. The third-order valence-electron chi connectivity index (χ3n) is 3.88. The number of hydrogen-bond donors (Lipinski definition) is 2. The van der Waals surface area contributed by atoms with Crippen molar-refractivity contribution in [3.05, 3.63) is 29.8 Å². The van der Waals surface area contributed by atoms with Crippen molar-refractivity contribution in [3.8, 4) is 5.75 Å². The lowest BCUT2D eigenvalue weighted by Gasteiger charge is -2.31. The molecule has 1 aromatic rings. The van der Waals surface area contributed by atoms with Crippen LogP contribution in [0.15, 0.2) is 24.3 Å². The van der Waals surface area contributed by atoms with Crippen LogP contribution in [0.2, 0.25) is 0 Å². The molecule has 0 saturated heterocycles. The molecule has 2 rings (SSSR count). The first-order valence-electron chi connectivity index (χ1n) is 7.43. The van der Waals surface area contributed by atoms with Crippen LogP contribution in [-0.2, 0) is 0 Å². The molecular weight excluding hydrogens is 286 g/mol. The molecule has 2 atom stereocenters. The average molecular weight is 309 g/mol. The second kappa shape index (κ2) is 8.29. The molecule has 5 heteroatoms. The summed E-state index contributed by atoms with van der Waals surface area (Å²) in [7, 11) is 0. The molecule has 1 fully saturated rings. The van der Waals surface area contributed by atoms with Crippen molar-refractivity contribution in [3.63, 3.8) is 0 Å². The largest absolute Gasteiger partial charge is 0.492 e. The van der Waals surface area contributed by atoms with Crippen LogP contribution in [-0.4, -0.2) is 41.8 Å². The van der Waals surface area contributed by atoms with E-state index in [2.05, 4.69) is 11.6 Å². The minimum Gasteiger partial charge on any atom is -0.492 e. The van der Waals surface area contributed by atoms with E-state index in [1.165, 1.54) is 25.7 Å². The van der Waals surface area contributed by atoms with Crippen LogP contribution in [0.4, 0.5) is 0 Å². The number of thioether (sulfide) groups is 1. The number of carboxylic acid groups (broad SMARTS) is 1. The second-order valence-electron chi connectivity index (χ2n) is 5.30. The molecule has 2 unspecified atom stereocenters. The van der Waals surface area contributed by atoms with E-state index in [0.29, 0.717) is 23.6 Å². The van der Waals surface area contributed by atoms with Crippen molar-refractivity contribution in [2.75, 3.05) is 19.4 Å². The second-order valence-corrected chi connectivity index (χ2v) is 6.37. The Hall–Kier alpha value is -1.20. The molecule has 0 aliphatic heterocycles. The number of nitrogens with one attached hydrogen (secondary N) is 1. The van der Waals surface area contributed by atoms with Gasteiger partial charge in [0.2, 0.25) is 0 Å². The summed E-state index contributed by atoms with van der Waals surface area (Å²) in [6, 6.07) is 7.13. The Kier molecular flexibility index (Phi) is 6.39. The summed E-state index contributed by atoms with van der Waals surface area (Å²) >= 11 is 1.95. The zero-order valence-electron chi connectivity index (χ0n) is 12.4. The average Bonchev–Trinajstić information content (AvgIpc) is 2.52. The van der Waals surface area contributed by atoms with Crippen molar-refractivity contribution >= 4 is 17.7 Å². The summed E-state index contributed by atoms with van der Waals surface area (Å²) < 4.78 is 5.64. The van der Waals surface area contributed by atoms with Crippen LogP contribution in [0.25, 0.3) is 0 Å². The molecule has 1 aromatic carbocycles. The van der Waals surface area contributed by atoms with Crippen molar-refractivity contribution in [2.24, 2.45) is 0 Å². The van der Waals surface area contributed by atoms with Crippen LogP contribution >= 0.6 is 11.8 Å². The predicted octanol–water partition coefficient (Wildman–Crippen LogP) is 3.03. The van der Waals surface area contributed by atoms with Gasteiger partial charge in [-0.05, 0) is 43.4 Å². The van der Waals surface area contributed by atoms with Gasteiger partial charge >= 0.3 is 5.97 Å². The van der Waals surface area contributed by atoms with Gasteiger partial charge in [0.15, 0.2) is 0 Å². The van der Waals surface area contributed by atoms with E-state index < -0.39 is 5.97 Å². The van der Waals surface area contributed by atoms with E-state index in [-0.39, 0.29) is 5.56 Å². The standard InChI is InChI=1S/C16H23NO3S/c1-21-15-5-3-2-4-14(15)17-10-11-20-13-8-6-12(7-9-13)16(18)19/h6-9,14-15,17H,2-5,10-11H2,1H3,(H,18,19). The van der Waals surface area contributed by atoms with Gasteiger partial charge in [-0.3, -0.25) is 0 Å². The predicted molar refractivity (Wildman–Crippen MR) is 86.5 cm³/mol. The summed E-state index contributed by atoms with van der Waals surface area (Å²) in [6.45, 7) is 1.42. The normalized spacial score (nSPS) is 22.0. The Bertz CT molecular complexity index is 449. The van der Waals surface area contributed by atoms with Gasteiger partial charge < -0.3 is 15.2 Å². The van der Waals surface area contributed by atoms with E-state index >= 15 is 0 Å². The lowest BCUT2D eigenvalue weighted by Crippen LogP contribution is -2.42. The Morgan fingerprint density at radius 2 is 2.05 bits per heavy atom. The third kappa shape index (κ3) is 4.93. The zero-order valence-corrected chi connectivity index (χ0v) is 13.2. The monoisotopic (exact) mass is 309 g/mol. The molecule has 1 aliphatic rings. The van der Waals surface area contributed by atoms with E-state index in [1.54, 1.807) is 24.3 Å². The Balaban J connectivity index is 1.70. The van der Waals surface area contributed by atoms with Crippen molar-refractivity contribution in [1.82, 2.24) is 5.32 Å². The fraction of sp³-hybridized carbons (Fsp3) is 0.562. The number of hydrogen-bond acceptors (Lipinski definition) is 4. The fourth-order valence-electron chi connectivity index (χ4n) is 2.72. The highest BCUT2D eigenvalue weighted by Gasteiger charge is 2.23. The Morgan fingerprint density at radius 1 is 1.33 bits per heavy atom. The smallest absolute Gasteiger partial charge is 0.335 e. The molecule has 0 aromatic heterocycles. The summed E-state index contributed by atoms with van der Waals surface area (Å²) in [5.74, 6) is -0.199. The highest BCUT2D eigenvalue weighted by atomic mass is 32.2. The number of benzene rings is 1. The lowest BCUT2D eigenvalue weighted by atomic mass is 9.95. The molecule has 0 spiro atoms. The van der Waals surface area contributed by atoms with E-state index in [0.717, 1.165) is 6.54 Å². The highest BCUT2D eigenvalue weighted by molar-refractivity contribution is 7.99. The number of aromatic carboxylic acids is 1. The van der Waals surface area contributed by atoms with Gasteiger partial charge in [0.05, 0.1) is 5.56 Å². The minimum atomic E-state index is -0.913. The molecule has 1 saturated carbocycles. The molecule has 116 valence electrons. The molecule has 21 heavy (non-hydrogen) atoms. The van der Waals surface area contributed by atoms with Gasteiger partial charge in [-0.2, -0.15) is 11.8 Å². The van der Waals surface area contributed by atoms with Crippen LogP contribution in [0.5, 0.6) is 5.75 Å². The fourth-order valence-corrected chi connectivity index (χ4v) is 3.68. The maximum atomic E-state index is 10.8. The SMILES string of the molecule is CSC1CCCCC1NCCOc1ccc(C(=O)O)cc1. The first-order valence-corrected chi connectivity index (χ1v) is 8.72. The maximum absolute atomic E-state index is 10.8. The number of carboxylic acids is 1.